The molecule has 7 heteroatoms. The van der Waals surface area contributed by atoms with Crippen molar-refractivity contribution in [3.8, 4) is 5.88 Å². The second kappa shape index (κ2) is 7.95. The fourth-order valence-corrected chi connectivity index (χ4v) is 2.79. The molecular weight excluding hydrogens is 303 g/mol. The zero-order valence-electron chi connectivity index (χ0n) is 11.2. The zero-order valence-corrected chi connectivity index (χ0v) is 14.8. The summed E-state index contributed by atoms with van der Waals surface area (Å²) in [5, 5.41) is 17.6. The molecule has 0 aliphatic carbocycles. The molecule has 0 saturated carbocycles. The summed E-state index contributed by atoms with van der Waals surface area (Å²) in [4.78, 5) is 11.9. The van der Waals surface area contributed by atoms with Gasteiger partial charge in [0.1, 0.15) is 0 Å². The van der Waals surface area contributed by atoms with Crippen LogP contribution in [-0.4, -0.2) is 25.9 Å². The number of thiocarbonyl (C=S) groups is 1. The van der Waals surface area contributed by atoms with Crippen molar-refractivity contribution in [1.29, 1.82) is 0 Å². The molecule has 98 valence electrons. The number of aryl methyl sites for hydroxylation is 1. The van der Waals surface area contributed by atoms with Gasteiger partial charge in [-0.2, -0.15) is 5.10 Å². The second-order valence-electron chi connectivity index (χ2n) is 3.88. The number of ketones is 1. The number of hydrogen-bond donors (Lipinski definition) is 1. The number of nitrogens with one attached hydrogen (secondary N) is 1. The van der Waals surface area contributed by atoms with Crippen LogP contribution in [0.4, 0.5) is 0 Å². The first-order chi connectivity index (χ1) is 9.09. The molecule has 0 unspecified atom stereocenters. The van der Waals surface area contributed by atoms with Gasteiger partial charge in [-0.1, -0.05) is 42.5 Å². The van der Waals surface area contributed by atoms with Crippen molar-refractivity contribution in [2.24, 2.45) is 0 Å². The van der Waals surface area contributed by atoms with E-state index in [2.05, 4.69) is 10.2 Å². The number of thioether (sulfide) groups is 1. The molecule has 0 radical (unpaired) electrons. The number of Topliss-reactive ketones (excluding diaryl/α,β-unsaturated/α-hetero) is 1. The van der Waals surface area contributed by atoms with Gasteiger partial charge < -0.3 is 5.11 Å². The smallest absolute Gasteiger partial charge is 0.859 e. The molecule has 0 atom stereocenters. The van der Waals surface area contributed by atoms with Gasteiger partial charge in [0.15, 0.2) is 5.78 Å². The molecule has 1 heterocycles. The summed E-state index contributed by atoms with van der Waals surface area (Å²) < 4.78 is 0.403. The number of hydrogen-bond acceptors (Lipinski definition) is 5. The number of aromatic nitrogens is 2. The Labute approximate surface area is 148 Å². The number of benzene rings is 1. The number of carbonyl (C=O) groups excluding carboxylic acids is 1. The number of nitrogens with zero attached hydrogens (tertiary/aromatic N) is 1. The Hall–Kier alpha value is -0.660. The van der Waals surface area contributed by atoms with E-state index in [0.29, 0.717) is 21.0 Å². The summed E-state index contributed by atoms with van der Waals surface area (Å²) in [5.74, 6) is -0.101. The SMILES string of the molecule is Cc1n[nH]c([O-])c1C(=S)SCC(=O)c1ccccc1.[Na+]. The Morgan fingerprint density at radius 2 is 2.05 bits per heavy atom. The van der Waals surface area contributed by atoms with E-state index in [9.17, 15) is 9.90 Å². The standard InChI is InChI=1S/C13H12N2O2S2.Na/c1-8-11(12(17)15-14-8)13(18)19-7-10(16)9-5-3-2-4-6-9;/h2-6H,7H2,1H3,(H2,14,15,17);/q;+1/p-1. The number of H-pyrrole nitrogens is 1. The van der Waals surface area contributed by atoms with Crippen molar-refractivity contribution in [1.82, 2.24) is 10.2 Å². The molecule has 20 heavy (non-hydrogen) atoms. The minimum absolute atomic E-state index is 0. The maximum Gasteiger partial charge on any atom is 1.00 e. The molecule has 0 fully saturated rings. The molecule has 0 aliphatic rings. The molecule has 1 aromatic carbocycles. The van der Waals surface area contributed by atoms with Crippen molar-refractivity contribution < 1.29 is 39.5 Å². The fourth-order valence-electron chi connectivity index (χ4n) is 1.56. The van der Waals surface area contributed by atoms with Gasteiger partial charge in [0, 0.05) is 11.1 Å². The predicted molar refractivity (Wildman–Crippen MR) is 77.7 cm³/mol. The Bertz CT molecular complexity index is 595. The van der Waals surface area contributed by atoms with E-state index in [0.717, 1.165) is 0 Å². The van der Waals surface area contributed by atoms with Crippen LogP contribution in [0.1, 0.15) is 21.6 Å². The third-order valence-corrected chi connectivity index (χ3v) is 3.98. The minimum atomic E-state index is -0.304. The number of rotatable bonds is 4. The van der Waals surface area contributed by atoms with Gasteiger partial charge in [0.2, 0.25) is 0 Å². The monoisotopic (exact) mass is 314 g/mol. The summed E-state index contributed by atoms with van der Waals surface area (Å²) in [6, 6.07) is 8.99. The molecule has 2 rings (SSSR count). The van der Waals surface area contributed by atoms with Gasteiger partial charge in [0.25, 0.3) is 0 Å². The van der Waals surface area contributed by atoms with Crippen LogP contribution < -0.4 is 34.7 Å². The van der Waals surface area contributed by atoms with Crippen molar-refractivity contribution in [2.75, 3.05) is 5.75 Å². The quantitative estimate of drug-likeness (QED) is 0.449. The van der Waals surface area contributed by atoms with Crippen LogP contribution in [-0.2, 0) is 0 Å². The Morgan fingerprint density at radius 1 is 1.40 bits per heavy atom. The molecule has 0 spiro atoms. The molecule has 0 saturated heterocycles. The molecule has 0 amide bonds. The molecular formula is C13H11N2NaO2S2. The number of carbonyl (C=O) groups is 1. The van der Waals surface area contributed by atoms with Crippen LogP contribution in [0.5, 0.6) is 5.88 Å². The van der Waals surface area contributed by atoms with Gasteiger partial charge in [-0.15, -0.1) is 11.8 Å². The van der Waals surface area contributed by atoms with Crippen LogP contribution in [0.25, 0.3) is 0 Å². The summed E-state index contributed by atoms with van der Waals surface area (Å²) in [5.41, 5.74) is 1.60. The molecule has 0 bridgehead atoms. The van der Waals surface area contributed by atoms with Crippen molar-refractivity contribution >= 4 is 34.0 Å². The Kier molecular flexibility index (Phi) is 6.91. The predicted octanol–water partition coefficient (Wildman–Crippen LogP) is -0.913. The third-order valence-electron chi connectivity index (χ3n) is 2.55. The van der Waals surface area contributed by atoms with E-state index in [4.69, 9.17) is 12.2 Å². The summed E-state index contributed by atoms with van der Waals surface area (Å²) in [6.07, 6.45) is 0. The maximum absolute atomic E-state index is 11.9. The normalized spacial score (nSPS) is 9.85. The van der Waals surface area contributed by atoms with Crippen LogP contribution in [0.2, 0.25) is 0 Å². The van der Waals surface area contributed by atoms with Gasteiger partial charge in [-0.3, -0.25) is 9.89 Å². The van der Waals surface area contributed by atoms with Crippen LogP contribution in [0, 0.1) is 6.92 Å². The first-order valence-corrected chi connectivity index (χ1v) is 6.96. The average molecular weight is 314 g/mol. The van der Waals surface area contributed by atoms with Crippen molar-refractivity contribution in [3.63, 3.8) is 0 Å². The minimum Gasteiger partial charge on any atom is -0.859 e. The van der Waals surface area contributed by atoms with Crippen molar-refractivity contribution in [2.45, 2.75) is 6.92 Å². The fraction of sp³-hybridized carbons (Fsp3) is 0.154. The molecule has 1 aromatic heterocycles. The van der Waals surface area contributed by atoms with Gasteiger partial charge in [-0.25, -0.2) is 0 Å². The summed E-state index contributed by atoms with van der Waals surface area (Å²) >= 11 is 6.36. The molecule has 1 N–H and O–H groups in total. The molecule has 2 aromatic rings. The van der Waals surface area contributed by atoms with Gasteiger partial charge >= 0.3 is 29.6 Å². The van der Waals surface area contributed by atoms with Crippen LogP contribution in [0.3, 0.4) is 0 Å². The summed E-state index contributed by atoms with van der Waals surface area (Å²) in [6.45, 7) is 1.71. The van der Waals surface area contributed by atoms with E-state index in [1.165, 1.54) is 11.8 Å². The third kappa shape index (κ3) is 4.17. The topological polar surface area (TPSA) is 68.8 Å². The van der Waals surface area contributed by atoms with E-state index >= 15 is 0 Å². The van der Waals surface area contributed by atoms with Gasteiger partial charge in [0.05, 0.1) is 15.6 Å². The first kappa shape index (κ1) is 17.4. The Morgan fingerprint density at radius 3 is 2.60 bits per heavy atom. The number of aromatic amines is 1. The van der Waals surface area contributed by atoms with Crippen LogP contribution in [0.15, 0.2) is 30.3 Å². The van der Waals surface area contributed by atoms with Crippen molar-refractivity contribution in [3.05, 3.63) is 47.2 Å². The van der Waals surface area contributed by atoms with E-state index in [-0.39, 0.29) is 47.0 Å². The molecule has 0 aliphatic heterocycles. The molecule has 4 nitrogen and oxygen atoms in total. The maximum atomic E-state index is 11.9. The second-order valence-corrected chi connectivity index (χ2v) is 5.53. The van der Waals surface area contributed by atoms with Crippen LogP contribution >= 0.6 is 24.0 Å². The van der Waals surface area contributed by atoms with Gasteiger partial charge in [-0.05, 0) is 12.8 Å². The largest absolute Gasteiger partial charge is 1.00 e. The van der Waals surface area contributed by atoms with E-state index < -0.39 is 0 Å². The average Bonchev–Trinajstić information content (AvgIpc) is 2.76. The summed E-state index contributed by atoms with van der Waals surface area (Å²) in [7, 11) is 0. The Balaban J connectivity index is 0.00000200. The zero-order chi connectivity index (χ0) is 13.8. The first-order valence-electron chi connectivity index (χ1n) is 5.57. The van der Waals surface area contributed by atoms with E-state index in [1.54, 1.807) is 19.1 Å². The van der Waals surface area contributed by atoms with E-state index in [1.807, 2.05) is 18.2 Å².